The van der Waals surface area contributed by atoms with Crippen molar-refractivity contribution in [3.05, 3.63) is 193 Å². The van der Waals surface area contributed by atoms with Crippen LogP contribution in [0.5, 0.6) is 0 Å². The zero-order valence-corrected chi connectivity index (χ0v) is 29.8. The van der Waals surface area contributed by atoms with Gasteiger partial charge in [-0.25, -0.2) is 0 Å². The highest BCUT2D eigenvalue weighted by Gasteiger charge is 2.39. The first-order valence-electron chi connectivity index (χ1n) is 18.7. The molecule has 11 rings (SSSR count). The van der Waals surface area contributed by atoms with Crippen LogP contribution in [0.15, 0.2) is 182 Å². The predicted octanol–water partition coefficient (Wildman–Crippen LogP) is 14.8. The van der Waals surface area contributed by atoms with E-state index in [0.717, 1.165) is 0 Å². The molecule has 0 heteroatoms. The third-order valence-corrected chi connectivity index (χ3v) is 12.0. The number of benzene rings is 10. The summed E-state index contributed by atoms with van der Waals surface area (Å²) in [6.45, 7) is 4.83. The van der Waals surface area contributed by atoms with Crippen LogP contribution in [0.25, 0.3) is 98.4 Å². The molecule has 0 saturated carbocycles. The Labute approximate surface area is 309 Å². The molecule has 0 amide bonds. The number of hydrogen-bond donors (Lipinski definition) is 0. The molecule has 0 unspecified atom stereocenters. The topological polar surface area (TPSA) is 0 Å². The van der Waals surface area contributed by atoms with Crippen molar-refractivity contribution in [1.82, 2.24) is 0 Å². The van der Waals surface area contributed by atoms with Crippen LogP contribution in [0.4, 0.5) is 0 Å². The SMILES string of the molecule is CC1(C)c2ccc3ccccc3c2-c2c1c1ccc(-c3c4ccccc4c(-c4ccc(-c5ccccc5)cc4)c4ccccc34)cc1c1ccccc21. The van der Waals surface area contributed by atoms with Crippen molar-refractivity contribution in [2.45, 2.75) is 19.3 Å². The Morgan fingerprint density at radius 2 is 0.755 bits per heavy atom. The molecule has 0 bridgehead atoms. The average molecular weight is 673 g/mol. The van der Waals surface area contributed by atoms with Gasteiger partial charge in [-0.1, -0.05) is 190 Å². The van der Waals surface area contributed by atoms with E-state index >= 15 is 0 Å². The lowest BCUT2D eigenvalue weighted by Gasteiger charge is -2.24. The summed E-state index contributed by atoms with van der Waals surface area (Å²) >= 11 is 0. The van der Waals surface area contributed by atoms with Gasteiger partial charge in [0.05, 0.1) is 0 Å². The van der Waals surface area contributed by atoms with Crippen molar-refractivity contribution in [2.24, 2.45) is 0 Å². The molecular formula is C53H36. The van der Waals surface area contributed by atoms with Gasteiger partial charge in [0, 0.05) is 5.41 Å². The van der Waals surface area contributed by atoms with Gasteiger partial charge in [0.1, 0.15) is 0 Å². The summed E-state index contributed by atoms with van der Waals surface area (Å²) < 4.78 is 0. The van der Waals surface area contributed by atoms with Crippen LogP contribution in [0.1, 0.15) is 25.0 Å². The van der Waals surface area contributed by atoms with Crippen molar-refractivity contribution in [3.63, 3.8) is 0 Å². The van der Waals surface area contributed by atoms with Crippen molar-refractivity contribution in [2.75, 3.05) is 0 Å². The minimum atomic E-state index is -0.143. The molecule has 53 heavy (non-hydrogen) atoms. The zero-order valence-electron chi connectivity index (χ0n) is 29.8. The summed E-state index contributed by atoms with van der Waals surface area (Å²) in [4.78, 5) is 0. The Kier molecular flexibility index (Phi) is 6.40. The molecule has 0 aliphatic heterocycles. The van der Waals surface area contributed by atoms with Crippen LogP contribution in [0, 0.1) is 0 Å². The molecule has 0 nitrogen and oxygen atoms in total. The highest BCUT2D eigenvalue weighted by molar-refractivity contribution is 6.24. The van der Waals surface area contributed by atoms with Crippen molar-refractivity contribution in [3.8, 4) is 44.5 Å². The average Bonchev–Trinajstić information content (AvgIpc) is 3.47. The van der Waals surface area contributed by atoms with E-state index in [-0.39, 0.29) is 5.41 Å². The van der Waals surface area contributed by atoms with E-state index in [1.165, 1.54) is 109 Å². The Balaban J connectivity index is 1.18. The standard InChI is InChI=1S/C53H36/c1-53(2)47-31-29-35-16-6-7-17-38(35)50(47)51-40-19-9-8-18-39(40)46-32-37(28-30-45(46)52(51)53)49-43-22-12-10-20-41(43)48(42-21-11-13-23-44(42)49)36-26-24-34(25-27-36)33-14-4-3-5-15-33/h3-32H,1-2H3. The van der Waals surface area contributed by atoms with Gasteiger partial charge < -0.3 is 0 Å². The molecule has 0 spiro atoms. The van der Waals surface area contributed by atoms with E-state index in [9.17, 15) is 0 Å². The minimum absolute atomic E-state index is 0.143. The zero-order chi connectivity index (χ0) is 35.3. The van der Waals surface area contributed by atoms with Crippen LogP contribution in [-0.4, -0.2) is 0 Å². The largest absolute Gasteiger partial charge is 0.0622 e. The van der Waals surface area contributed by atoms with E-state index < -0.39 is 0 Å². The Morgan fingerprint density at radius 3 is 1.40 bits per heavy atom. The number of fused-ring (bicyclic) bond motifs is 12. The predicted molar refractivity (Wildman–Crippen MR) is 228 cm³/mol. The van der Waals surface area contributed by atoms with Crippen LogP contribution in [-0.2, 0) is 5.41 Å². The van der Waals surface area contributed by atoms with Gasteiger partial charge in [0.2, 0.25) is 0 Å². The molecule has 0 fully saturated rings. The third kappa shape index (κ3) is 4.30. The fourth-order valence-electron chi connectivity index (χ4n) is 9.66. The first-order chi connectivity index (χ1) is 26.1. The van der Waals surface area contributed by atoms with Gasteiger partial charge in [0.15, 0.2) is 0 Å². The lowest BCUT2D eigenvalue weighted by Crippen LogP contribution is -2.15. The number of rotatable bonds is 3. The normalized spacial score (nSPS) is 13.2. The molecule has 248 valence electrons. The quantitative estimate of drug-likeness (QED) is 0.129. The van der Waals surface area contributed by atoms with E-state index in [1.54, 1.807) is 0 Å². The molecule has 1 aliphatic rings. The second kappa shape index (κ2) is 11.2. The third-order valence-electron chi connectivity index (χ3n) is 12.0. The summed E-state index contributed by atoms with van der Waals surface area (Å²) in [6, 6.07) is 67.7. The smallest absolute Gasteiger partial charge is 0.0165 e. The molecule has 0 saturated heterocycles. The van der Waals surface area contributed by atoms with E-state index in [4.69, 9.17) is 0 Å². The fraction of sp³-hybridized carbons (Fsp3) is 0.0566. The number of hydrogen-bond acceptors (Lipinski definition) is 0. The first kappa shape index (κ1) is 30.2. The first-order valence-corrected chi connectivity index (χ1v) is 18.7. The van der Waals surface area contributed by atoms with Crippen molar-refractivity contribution in [1.29, 1.82) is 0 Å². The van der Waals surface area contributed by atoms with Gasteiger partial charge in [-0.3, -0.25) is 0 Å². The maximum absolute atomic E-state index is 2.48. The van der Waals surface area contributed by atoms with Crippen LogP contribution >= 0.6 is 0 Å². The van der Waals surface area contributed by atoms with E-state index in [2.05, 4.69) is 196 Å². The summed E-state index contributed by atoms with van der Waals surface area (Å²) in [5.41, 5.74) is 13.0. The molecule has 0 N–H and O–H groups in total. The summed E-state index contributed by atoms with van der Waals surface area (Å²) in [5, 5.41) is 13.0. The Morgan fingerprint density at radius 1 is 0.283 bits per heavy atom. The van der Waals surface area contributed by atoms with Gasteiger partial charge in [0.25, 0.3) is 0 Å². The van der Waals surface area contributed by atoms with E-state index in [0.29, 0.717) is 0 Å². The molecule has 0 atom stereocenters. The second-order valence-electron chi connectivity index (χ2n) is 15.2. The highest BCUT2D eigenvalue weighted by atomic mass is 14.4. The van der Waals surface area contributed by atoms with Crippen molar-refractivity contribution >= 4 is 53.9 Å². The van der Waals surface area contributed by atoms with Gasteiger partial charge in [-0.15, -0.1) is 0 Å². The van der Waals surface area contributed by atoms with Crippen LogP contribution in [0.2, 0.25) is 0 Å². The molecular weight excluding hydrogens is 637 g/mol. The fourth-order valence-corrected chi connectivity index (χ4v) is 9.66. The van der Waals surface area contributed by atoms with E-state index in [1.807, 2.05) is 0 Å². The summed E-state index contributed by atoms with van der Waals surface area (Å²) in [6.07, 6.45) is 0. The van der Waals surface area contributed by atoms with Gasteiger partial charge >= 0.3 is 0 Å². The Bertz CT molecular complexity index is 3050. The lowest BCUT2D eigenvalue weighted by atomic mass is 9.78. The lowest BCUT2D eigenvalue weighted by molar-refractivity contribution is 0.667. The van der Waals surface area contributed by atoms with Crippen LogP contribution in [0.3, 0.4) is 0 Å². The maximum atomic E-state index is 2.48. The monoisotopic (exact) mass is 672 g/mol. The van der Waals surface area contributed by atoms with Crippen LogP contribution < -0.4 is 0 Å². The van der Waals surface area contributed by atoms with Gasteiger partial charge in [-0.2, -0.15) is 0 Å². The molecule has 0 heterocycles. The van der Waals surface area contributed by atoms with Gasteiger partial charge in [-0.05, 0) is 116 Å². The molecule has 0 aromatic heterocycles. The minimum Gasteiger partial charge on any atom is -0.0622 e. The Hall–Kier alpha value is -6.50. The highest BCUT2D eigenvalue weighted by Crippen LogP contribution is 2.57. The molecule has 1 aliphatic carbocycles. The maximum Gasteiger partial charge on any atom is 0.0165 e. The summed E-state index contributed by atoms with van der Waals surface area (Å²) in [7, 11) is 0. The molecule has 10 aromatic rings. The summed E-state index contributed by atoms with van der Waals surface area (Å²) in [5.74, 6) is 0. The molecule has 10 aromatic carbocycles. The second-order valence-corrected chi connectivity index (χ2v) is 15.2. The van der Waals surface area contributed by atoms with Crippen molar-refractivity contribution < 1.29 is 0 Å². The molecule has 0 radical (unpaired) electrons.